The van der Waals surface area contributed by atoms with Crippen molar-refractivity contribution >= 4 is 0 Å². The van der Waals surface area contributed by atoms with Crippen molar-refractivity contribution < 1.29 is 10.2 Å². The second-order valence-corrected chi connectivity index (χ2v) is 7.15. The number of phenols is 2. The summed E-state index contributed by atoms with van der Waals surface area (Å²) in [4.78, 5) is 0. The van der Waals surface area contributed by atoms with Crippen molar-refractivity contribution in [1.82, 2.24) is 0 Å². The third-order valence-electron chi connectivity index (χ3n) is 5.71. The molecule has 0 aliphatic heterocycles. The van der Waals surface area contributed by atoms with E-state index >= 15 is 0 Å². The highest BCUT2D eigenvalue weighted by atomic mass is 16.3. The standard InChI is InChI=1S/C22H28O2/c1-2-16-22(17-6-4-3-5-7-17,18-8-12-20(23)13-9-18)19-10-14-21(24)15-11-19/h8-15,17,23-24H,2-7,16H2,1H3. The van der Waals surface area contributed by atoms with Crippen LogP contribution < -0.4 is 0 Å². The first kappa shape index (κ1) is 16.9. The van der Waals surface area contributed by atoms with E-state index in [0.717, 1.165) is 12.8 Å². The maximum atomic E-state index is 9.74. The van der Waals surface area contributed by atoms with Gasteiger partial charge in [0.1, 0.15) is 11.5 Å². The van der Waals surface area contributed by atoms with Gasteiger partial charge < -0.3 is 10.2 Å². The molecule has 2 nitrogen and oxygen atoms in total. The Balaban J connectivity index is 2.15. The number of aromatic hydroxyl groups is 2. The zero-order chi connectivity index (χ0) is 17.0. The highest BCUT2D eigenvalue weighted by molar-refractivity contribution is 5.44. The summed E-state index contributed by atoms with van der Waals surface area (Å²) < 4.78 is 0. The summed E-state index contributed by atoms with van der Waals surface area (Å²) in [7, 11) is 0. The molecule has 2 heteroatoms. The molecular weight excluding hydrogens is 296 g/mol. The lowest BCUT2D eigenvalue weighted by Crippen LogP contribution is -2.38. The molecule has 0 radical (unpaired) electrons. The molecule has 2 aromatic rings. The van der Waals surface area contributed by atoms with Crippen LogP contribution in [0, 0.1) is 5.92 Å². The van der Waals surface area contributed by atoms with E-state index < -0.39 is 0 Å². The Morgan fingerprint density at radius 3 is 1.67 bits per heavy atom. The molecule has 128 valence electrons. The molecule has 0 aromatic heterocycles. The van der Waals surface area contributed by atoms with E-state index in [4.69, 9.17) is 0 Å². The van der Waals surface area contributed by atoms with Crippen molar-refractivity contribution in [3.05, 3.63) is 59.7 Å². The maximum Gasteiger partial charge on any atom is 0.115 e. The minimum absolute atomic E-state index is 0.0312. The quantitative estimate of drug-likeness (QED) is 0.733. The van der Waals surface area contributed by atoms with Crippen molar-refractivity contribution in [2.45, 2.75) is 57.3 Å². The normalized spacial score (nSPS) is 16.2. The van der Waals surface area contributed by atoms with E-state index in [0.29, 0.717) is 17.4 Å². The van der Waals surface area contributed by atoms with Crippen molar-refractivity contribution in [1.29, 1.82) is 0 Å². The summed E-state index contributed by atoms with van der Waals surface area (Å²) in [5, 5.41) is 19.5. The molecule has 2 aromatic carbocycles. The minimum atomic E-state index is -0.0312. The van der Waals surface area contributed by atoms with Crippen molar-refractivity contribution in [2.24, 2.45) is 5.92 Å². The van der Waals surface area contributed by atoms with Crippen molar-refractivity contribution in [2.75, 3.05) is 0 Å². The van der Waals surface area contributed by atoms with Crippen molar-refractivity contribution in [3.8, 4) is 11.5 Å². The second kappa shape index (κ2) is 7.29. The Morgan fingerprint density at radius 1 is 0.792 bits per heavy atom. The predicted molar refractivity (Wildman–Crippen MR) is 98.5 cm³/mol. The molecule has 0 amide bonds. The van der Waals surface area contributed by atoms with Gasteiger partial charge in [0.15, 0.2) is 0 Å². The Hall–Kier alpha value is -1.96. The van der Waals surface area contributed by atoms with Gasteiger partial charge in [0.2, 0.25) is 0 Å². The number of hydrogen-bond acceptors (Lipinski definition) is 2. The number of hydrogen-bond donors (Lipinski definition) is 2. The van der Waals surface area contributed by atoms with Gasteiger partial charge in [-0.25, -0.2) is 0 Å². The molecule has 0 saturated heterocycles. The van der Waals surface area contributed by atoms with Crippen LogP contribution in [0.1, 0.15) is 63.0 Å². The van der Waals surface area contributed by atoms with Crippen LogP contribution in [0.4, 0.5) is 0 Å². The van der Waals surface area contributed by atoms with Crippen molar-refractivity contribution in [3.63, 3.8) is 0 Å². The molecule has 1 aliphatic rings. The zero-order valence-corrected chi connectivity index (χ0v) is 14.5. The Kier molecular flexibility index (Phi) is 5.13. The van der Waals surface area contributed by atoms with E-state index in [1.807, 2.05) is 24.3 Å². The summed E-state index contributed by atoms with van der Waals surface area (Å²) in [6.07, 6.45) is 8.64. The van der Waals surface area contributed by atoms with Crippen LogP contribution in [0.15, 0.2) is 48.5 Å². The Morgan fingerprint density at radius 2 is 1.25 bits per heavy atom. The average molecular weight is 324 g/mol. The van der Waals surface area contributed by atoms with E-state index in [1.165, 1.54) is 43.2 Å². The first-order chi connectivity index (χ1) is 11.7. The second-order valence-electron chi connectivity index (χ2n) is 7.15. The fourth-order valence-electron chi connectivity index (χ4n) is 4.64. The summed E-state index contributed by atoms with van der Waals surface area (Å²) in [6.45, 7) is 2.25. The topological polar surface area (TPSA) is 40.5 Å². The first-order valence-corrected chi connectivity index (χ1v) is 9.26. The molecule has 3 rings (SSSR count). The summed E-state index contributed by atoms with van der Waals surface area (Å²) in [5.74, 6) is 1.25. The van der Waals surface area contributed by atoms with Gasteiger partial charge in [-0.3, -0.25) is 0 Å². The average Bonchev–Trinajstić information content (AvgIpc) is 2.62. The predicted octanol–water partition coefficient (Wildman–Crippen LogP) is 5.76. The lowest BCUT2D eigenvalue weighted by Gasteiger charge is -2.44. The smallest absolute Gasteiger partial charge is 0.115 e. The fourth-order valence-corrected chi connectivity index (χ4v) is 4.64. The molecule has 1 saturated carbocycles. The lowest BCUT2D eigenvalue weighted by molar-refractivity contribution is 0.224. The fraction of sp³-hybridized carbons (Fsp3) is 0.455. The third kappa shape index (κ3) is 3.15. The van der Waals surface area contributed by atoms with Gasteiger partial charge >= 0.3 is 0 Å². The molecule has 2 N–H and O–H groups in total. The highest BCUT2D eigenvalue weighted by Gasteiger charge is 2.41. The molecule has 1 fully saturated rings. The summed E-state index contributed by atoms with van der Waals surface area (Å²) >= 11 is 0. The largest absolute Gasteiger partial charge is 0.508 e. The van der Waals surface area contributed by atoms with Crippen LogP contribution in [0.5, 0.6) is 11.5 Å². The Bertz CT molecular complexity index is 591. The van der Waals surface area contributed by atoms with Crippen LogP contribution >= 0.6 is 0 Å². The van der Waals surface area contributed by atoms with Gasteiger partial charge in [-0.1, -0.05) is 56.9 Å². The summed E-state index contributed by atoms with van der Waals surface area (Å²) in [5.41, 5.74) is 2.55. The van der Waals surface area contributed by atoms with E-state index in [-0.39, 0.29) is 5.41 Å². The Labute approximate surface area is 145 Å². The van der Waals surface area contributed by atoms with Crippen LogP contribution in [-0.4, -0.2) is 10.2 Å². The van der Waals surface area contributed by atoms with Crippen LogP contribution in [-0.2, 0) is 5.41 Å². The third-order valence-corrected chi connectivity index (χ3v) is 5.71. The van der Waals surface area contributed by atoms with Gasteiger partial charge in [0, 0.05) is 5.41 Å². The highest BCUT2D eigenvalue weighted by Crippen LogP contribution is 2.49. The molecule has 0 atom stereocenters. The van der Waals surface area contributed by atoms with Crippen LogP contribution in [0.25, 0.3) is 0 Å². The van der Waals surface area contributed by atoms with Crippen LogP contribution in [0.2, 0.25) is 0 Å². The maximum absolute atomic E-state index is 9.74. The van der Waals surface area contributed by atoms with Gasteiger partial charge in [-0.15, -0.1) is 0 Å². The first-order valence-electron chi connectivity index (χ1n) is 9.26. The number of rotatable bonds is 5. The summed E-state index contributed by atoms with van der Waals surface area (Å²) in [6, 6.07) is 15.6. The number of phenolic OH excluding ortho intramolecular Hbond substituents is 2. The molecule has 0 heterocycles. The van der Waals surface area contributed by atoms with Gasteiger partial charge in [-0.2, -0.15) is 0 Å². The number of benzene rings is 2. The van der Waals surface area contributed by atoms with Gasteiger partial charge in [0.25, 0.3) is 0 Å². The van der Waals surface area contributed by atoms with E-state index in [9.17, 15) is 10.2 Å². The minimum Gasteiger partial charge on any atom is -0.508 e. The molecule has 0 unspecified atom stereocenters. The molecule has 24 heavy (non-hydrogen) atoms. The van der Waals surface area contributed by atoms with E-state index in [1.54, 1.807) is 0 Å². The van der Waals surface area contributed by atoms with E-state index in [2.05, 4.69) is 31.2 Å². The molecule has 0 spiro atoms. The SMILES string of the molecule is CCCC(c1ccc(O)cc1)(c1ccc(O)cc1)C1CCCCC1. The molecular formula is C22H28O2. The molecule has 0 bridgehead atoms. The monoisotopic (exact) mass is 324 g/mol. The van der Waals surface area contributed by atoms with Gasteiger partial charge in [0.05, 0.1) is 0 Å². The molecule has 1 aliphatic carbocycles. The lowest BCUT2D eigenvalue weighted by atomic mass is 9.59. The van der Waals surface area contributed by atoms with Gasteiger partial charge in [-0.05, 0) is 60.6 Å². The van der Waals surface area contributed by atoms with Crippen LogP contribution in [0.3, 0.4) is 0 Å². The zero-order valence-electron chi connectivity index (χ0n) is 14.5.